The summed E-state index contributed by atoms with van der Waals surface area (Å²) in [6.07, 6.45) is 4.37. The fourth-order valence-electron chi connectivity index (χ4n) is 1.22. The van der Waals surface area contributed by atoms with Gasteiger partial charge in [0.05, 0.1) is 0 Å². The second-order valence-corrected chi connectivity index (χ2v) is 4.40. The largest absolute Gasteiger partial charge is 0.478 e. The van der Waals surface area contributed by atoms with Crippen molar-refractivity contribution in [3.63, 3.8) is 0 Å². The summed E-state index contributed by atoms with van der Waals surface area (Å²) in [5, 5.41) is 8.47. The third-order valence-electron chi connectivity index (χ3n) is 2.40. The standard InChI is InChI=1S/C8H15NO2.C8H8/c1-7(8(10)11)5-4-6-9(2)3;1-2-8-6-4-3-5-7-8/h5H,4,6H2,1-3H3,(H,10,11);2-7H,1H2. The summed E-state index contributed by atoms with van der Waals surface area (Å²) < 4.78 is 0. The fourth-order valence-corrected chi connectivity index (χ4v) is 1.22. The van der Waals surface area contributed by atoms with E-state index in [0.717, 1.165) is 13.0 Å². The van der Waals surface area contributed by atoms with Gasteiger partial charge in [0.1, 0.15) is 0 Å². The lowest BCUT2D eigenvalue weighted by atomic mass is 10.2. The van der Waals surface area contributed by atoms with Crippen LogP contribution in [-0.2, 0) is 4.79 Å². The highest BCUT2D eigenvalue weighted by Crippen LogP contribution is 1.97. The smallest absolute Gasteiger partial charge is 0.330 e. The lowest BCUT2D eigenvalue weighted by Crippen LogP contribution is -2.12. The van der Waals surface area contributed by atoms with Gasteiger partial charge in [-0.25, -0.2) is 4.79 Å². The molecule has 1 N–H and O–H groups in total. The molecule has 0 amide bonds. The van der Waals surface area contributed by atoms with Crippen molar-refractivity contribution in [3.8, 4) is 0 Å². The van der Waals surface area contributed by atoms with E-state index < -0.39 is 5.97 Å². The zero-order valence-electron chi connectivity index (χ0n) is 12.0. The predicted molar refractivity (Wildman–Crippen MR) is 81.1 cm³/mol. The van der Waals surface area contributed by atoms with Crippen molar-refractivity contribution in [1.82, 2.24) is 4.90 Å². The predicted octanol–water partition coefficient (Wildman–Crippen LogP) is 3.30. The Morgan fingerprint density at radius 1 is 1.32 bits per heavy atom. The Balaban J connectivity index is 0.000000356. The van der Waals surface area contributed by atoms with Crippen molar-refractivity contribution >= 4 is 12.0 Å². The molecule has 0 saturated heterocycles. The Hall–Kier alpha value is -1.87. The highest BCUT2D eigenvalue weighted by molar-refractivity contribution is 5.85. The van der Waals surface area contributed by atoms with E-state index in [1.165, 1.54) is 5.56 Å². The summed E-state index contributed by atoms with van der Waals surface area (Å²) >= 11 is 0. The van der Waals surface area contributed by atoms with Gasteiger partial charge in [-0.2, -0.15) is 0 Å². The fraction of sp³-hybridized carbons (Fsp3) is 0.312. The summed E-state index contributed by atoms with van der Waals surface area (Å²) in [7, 11) is 3.92. The number of carboxylic acids is 1. The van der Waals surface area contributed by atoms with Crippen LogP contribution in [0.1, 0.15) is 18.9 Å². The summed E-state index contributed by atoms with van der Waals surface area (Å²) in [5.74, 6) is -0.830. The van der Waals surface area contributed by atoms with Gasteiger partial charge in [-0.3, -0.25) is 0 Å². The minimum Gasteiger partial charge on any atom is -0.478 e. The molecule has 0 heterocycles. The molecule has 0 aromatic heterocycles. The Morgan fingerprint density at radius 2 is 1.89 bits per heavy atom. The van der Waals surface area contributed by atoms with Crippen LogP contribution in [0.2, 0.25) is 0 Å². The molecule has 0 fully saturated rings. The molecule has 1 aromatic carbocycles. The molecule has 0 bridgehead atoms. The number of carbonyl (C=O) groups is 1. The van der Waals surface area contributed by atoms with Crippen LogP contribution in [0.4, 0.5) is 0 Å². The van der Waals surface area contributed by atoms with Gasteiger partial charge >= 0.3 is 5.97 Å². The molecule has 0 unspecified atom stereocenters. The number of benzene rings is 1. The van der Waals surface area contributed by atoms with Gasteiger partial charge in [0, 0.05) is 12.1 Å². The minimum atomic E-state index is -0.830. The lowest BCUT2D eigenvalue weighted by molar-refractivity contribution is -0.132. The molecule has 104 valence electrons. The van der Waals surface area contributed by atoms with Crippen molar-refractivity contribution in [2.75, 3.05) is 20.6 Å². The highest BCUT2D eigenvalue weighted by Gasteiger charge is 1.97. The number of carboxylic acid groups (broad SMARTS) is 1. The summed E-state index contributed by atoms with van der Waals surface area (Å²) in [4.78, 5) is 12.3. The molecular weight excluding hydrogens is 238 g/mol. The molecule has 3 nitrogen and oxygen atoms in total. The van der Waals surface area contributed by atoms with Crippen LogP contribution in [0.5, 0.6) is 0 Å². The first-order valence-electron chi connectivity index (χ1n) is 6.19. The summed E-state index contributed by atoms with van der Waals surface area (Å²) in [6, 6.07) is 10.0. The normalized spacial score (nSPS) is 10.6. The van der Waals surface area contributed by atoms with E-state index in [4.69, 9.17) is 5.11 Å². The van der Waals surface area contributed by atoms with E-state index >= 15 is 0 Å². The van der Waals surface area contributed by atoms with Crippen molar-refractivity contribution < 1.29 is 9.90 Å². The molecule has 0 saturated carbocycles. The number of rotatable bonds is 5. The van der Waals surface area contributed by atoms with Crippen LogP contribution in [0.15, 0.2) is 48.6 Å². The first kappa shape index (κ1) is 17.1. The van der Waals surface area contributed by atoms with Crippen molar-refractivity contribution in [1.29, 1.82) is 0 Å². The van der Waals surface area contributed by atoms with E-state index in [1.54, 1.807) is 13.0 Å². The maximum atomic E-state index is 10.3. The summed E-state index contributed by atoms with van der Waals surface area (Å²) in [5.41, 5.74) is 1.60. The molecule has 0 atom stereocenters. The maximum absolute atomic E-state index is 10.3. The van der Waals surface area contributed by atoms with E-state index in [9.17, 15) is 4.79 Å². The molecule has 0 aliphatic carbocycles. The summed E-state index contributed by atoms with van der Waals surface area (Å²) in [6.45, 7) is 6.13. The molecule has 1 aromatic rings. The van der Waals surface area contributed by atoms with Crippen molar-refractivity contribution in [2.24, 2.45) is 0 Å². The van der Waals surface area contributed by atoms with E-state index in [-0.39, 0.29) is 0 Å². The molecular formula is C16H23NO2. The van der Waals surface area contributed by atoms with Crippen LogP contribution in [0.25, 0.3) is 6.08 Å². The average Bonchev–Trinajstić information content (AvgIpc) is 2.39. The lowest BCUT2D eigenvalue weighted by Gasteiger charge is -2.05. The maximum Gasteiger partial charge on any atom is 0.330 e. The average molecular weight is 261 g/mol. The number of hydrogen-bond acceptors (Lipinski definition) is 2. The van der Waals surface area contributed by atoms with Crippen LogP contribution in [0, 0.1) is 0 Å². The van der Waals surface area contributed by atoms with Crippen LogP contribution < -0.4 is 0 Å². The third kappa shape index (κ3) is 9.80. The van der Waals surface area contributed by atoms with Crippen molar-refractivity contribution in [2.45, 2.75) is 13.3 Å². The van der Waals surface area contributed by atoms with E-state index in [1.807, 2.05) is 55.4 Å². The first-order chi connectivity index (χ1) is 8.97. The monoisotopic (exact) mass is 261 g/mol. The van der Waals surface area contributed by atoms with Gasteiger partial charge in [-0.15, -0.1) is 0 Å². The molecule has 0 spiro atoms. The number of aliphatic carboxylic acids is 1. The second-order valence-electron chi connectivity index (χ2n) is 4.40. The molecule has 1 rings (SSSR count). The Morgan fingerprint density at radius 3 is 2.26 bits per heavy atom. The SMILES string of the molecule is C=Cc1ccccc1.CC(=CCCN(C)C)C(=O)O. The van der Waals surface area contributed by atoms with Gasteiger partial charge in [-0.05, 0) is 33.0 Å². The van der Waals surface area contributed by atoms with Gasteiger partial charge in [0.25, 0.3) is 0 Å². The molecule has 0 radical (unpaired) electrons. The van der Waals surface area contributed by atoms with Crippen molar-refractivity contribution in [3.05, 3.63) is 54.1 Å². The van der Waals surface area contributed by atoms with Gasteiger partial charge in [0.15, 0.2) is 0 Å². The van der Waals surface area contributed by atoms with Gasteiger partial charge in [-0.1, -0.05) is 49.1 Å². The molecule has 0 aliphatic heterocycles. The number of hydrogen-bond donors (Lipinski definition) is 1. The minimum absolute atomic E-state index is 0.423. The van der Waals surface area contributed by atoms with E-state index in [2.05, 4.69) is 6.58 Å². The molecule has 19 heavy (non-hydrogen) atoms. The Labute approximate surface area is 115 Å². The molecule has 3 heteroatoms. The van der Waals surface area contributed by atoms with Gasteiger partial charge < -0.3 is 10.0 Å². The Bertz CT molecular complexity index is 408. The first-order valence-corrected chi connectivity index (χ1v) is 6.19. The Kier molecular flexibility index (Phi) is 9.10. The van der Waals surface area contributed by atoms with Crippen LogP contribution >= 0.6 is 0 Å². The van der Waals surface area contributed by atoms with Crippen LogP contribution in [-0.4, -0.2) is 36.6 Å². The molecule has 0 aliphatic rings. The number of nitrogens with zero attached hydrogens (tertiary/aromatic N) is 1. The zero-order chi connectivity index (χ0) is 14.7. The highest BCUT2D eigenvalue weighted by atomic mass is 16.4. The quantitative estimate of drug-likeness (QED) is 0.827. The topological polar surface area (TPSA) is 40.5 Å². The zero-order valence-corrected chi connectivity index (χ0v) is 12.0. The van der Waals surface area contributed by atoms with Gasteiger partial charge in [0.2, 0.25) is 0 Å². The second kappa shape index (κ2) is 10.1. The van der Waals surface area contributed by atoms with Crippen LogP contribution in [0.3, 0.4) is 0 Å². The third-order valence-corrected chi connectivity index (χ3v) is 2.40. The van der Waals surface area contributed by atoms with E-state index in [0.29, 0.717) is 5.57 Å².